The average molecular weight is 331 g/mol. The fourth-order valence-electron chi connectivity index (χ4n) is 1.68. The molecule has 0 aliphatic carbocycles. The van der Waals surface area contributed by atoms with E-state index in [0.717, 1.165) is 0 Å². The highest BCUT2D eigenvalue weighted by molar-refractivity contribution is 5.70. The molecule has 0 fully saturated rings. The molecule has 132 valence electrons. The Labute approximate surface area is 134 Å². The summed E-state index contributed by atoms with van der Waals surface area (Å²) in [6.45, 7) is 1.51. The molecule has 0 rings (SSSR count). The highest BCUT2D eigenvalue weighted by Gasteiger charge is 2.12. The highest BCUT2D eigenvalue weighted by Crippen LogP contribution is 2.05. The predicted octanol–water partition coefficient (Wildman–Crippen LogP) is 0.417. The Bertz CT molecular complexity index is 404. The fraction of sp³-hybridized carbons (Fsp3) is 0.733. The molecule has 0 aromatic heterocycles. The van der Waals surface area contributed by atoms with Gasteiger partial charge in [0.1, 0.15) is 12.7 Å². The van der Waals surface area contributed by atoms with Crippen LogP contribution < -0.4 is 5.11 Å². The summed E-state index contributed by atoms with van der Waals surface area (Å²) in [7, 11) is 0. The summed E-state index contributed by atoms with van der Waals surface area (Å²) in [5.41, 5.74) is 0. The number of carboxylic acid groups (broad SMARTS) is 2. The van der Waals surface area contributed by atoms with Gasteiger partial charge in [-0.3, -0.25) is 14.4 Å². The van der Waals surface area contributed by atoms with Gasteiger partial charge in [-0.1, -0.05) is 0 Å². The van der Waals surface area contributed by atoms with Crippen LogP contribution in [0.4, 0.5) is 0 Å². The molecule has 23 heavy (non-hydrogen) atoms. The van der Waals surface area contributed by atoms with Gasteiger partial charge in [-0.2, -0.15) is 0 Å². The lowest BCUT2D eigenvalue weighted by molar-refractivity contribution is -0.305. The molecule has 0 radical (unpaired) electrons. The van der Waals surface area contributed by atoms with E-state index in [1.807, 2.05) is 0 Å². The van der Waals surface area contributed by atoms with Crippen molar-refractivity contribution in [2.45, 2.75) is 64.4 Å². The van der Waals surface area contributed by atoms with Crippen molar-refractivity contribution in [1.82, 2.24) is 0 Å². The van der Waals surface area contributed by atoms with E-state index in [9.17, 15) is 24.3 Å². The number of aliphatic carboxylic acids is 2. The van der Waals surface area contributed by atoms with Gasteiger partial charge in [0.25, 0.3) is 0 Å². The molecule has 8 nitrogen and oxygen atoms in total. The van der Waals surface area contributed by atoms with Crippen LogP contribution in [-0.2, 0) is 28.7 Å². The van der Waals surface area contributed by atoms with Gasteiger partial charge in [-0.15, -0.1) is 0 Å². The number of hydrogen-bond acceptors (Lipinski definition) is 7. The Balaban J connectivity index is 3.66. The molecule has 0 saturated carbocycles. The lowest BCUT2D eigenvalue weighted by Crippen LogP contribution is -2.23. The minimum atomic E-state index is -1.15. The SMILES string of the molecule is CC(COC(=O)CCCCC(=O)[O-])OC(=O)CCCCC(=O)O. The molecular formula is C15H23O8-. The Morgan fingerprint density at radius 3 is 2.00 bits per heavy atom. The van der Waals surface area contributed by atoms with Crippen LogP contribution in [0.15, 0.2) is 0 Å². The van der Waals surface area contributed by atoms with Crippen molar-refractivity contribution in [2.75, 3.05) is 6.61 Å². The number of ether oxygens (including phenoxy) is 2. The van der Waals surface area contributed by atoms with E-state index in [1.165, 1.54) is 0 Å². The van der Waals surface area contributed by atoms with Gasteiger partial charge in [0, 0.05) is 25.2 Å². The van der Waals surface area contributed by atoms with E-state index >= 15 is 0 Å². The molecule has 0 saturated heterocycles. The molecule has 0 aromatic carbocycles. The summed E-state index contributed by atoms with van der Waals surface area (Å²) in [5, 5.41) is 18.6. The number of esters is 2. The number of hydrogen-bond donors (Lipinski definition) is 1. The molecule has 0 aromatic rings. The van der Waals surface area contributed by atoms with Crippen molar-refractivity contribution >= 4 is 23.9 Å². The van der Waals surface area contributed by atoms with E-state index < -0.39 is 30.0 Å². The standard InChI is InChI=1S/C15H24O8/c1-11(23-15(21)9-5-3-7-13(18)19)10-22-14(20)8-4-2-6-12(16)17/h11H,2-10H2,1H3,(H,16,17)(H,18,19)/p-1. The molecule has 1 unspecified atom stereocenters. The molecular weight excluding hydrogens is 308 g/mol. The first kappa shape index (κ1) is 20.9. The topological polar surface area (TPSA) is 130 Å². The molecule has 0 amide bonds. The second-order valence-electron chi connectivity index (χ2n) is 5.16. The number of rotatable bonds is 13. The Hall–Kier alpha value is -2.12. The molecule has 1 N–H and O–H groups in total. The largest absolute Gasteiger partial charge is 0.550 e. The quantitative estimate of drug-likeness (QED) is 0.379. The Kier molecular flexibility index (Phi) is 11.3. The summed E-state index contributed by atoms with van der Waals surface area (Å²) in [5.74, 6) is -3.00. The highest BCUT2D eigenvalue weighted by atomic mass is 16.6. The molecule has 0 spiro atoms. The smallest absolute Gasteiger partial charge is 0.306 e. The van der Waals surface area contributed by atoms with Gasteiger partial charge < -0.3 is 24.5 Å². The number of carboxylic acids is 2. The van der Waals surface area contributed by atoms with Crippen LogP contribution in [0.5, 0.6) is 0 Å². The summed E-state index contributed by atoms with van der Waals surface area (Å²) < 4.78 is 9.93. The van der Waals surface area contributed by atoms with Crippen molar-refractivity contribution in [2.24, 2.45) is 0 Å². The summed E-state index contributed by atoms with van der Waals surface area (Å²) in [6, 6.07) is 0. The van der Waals surface area contributed by atoms with Gasteiger partial charge in [-0.25, -0.2) is 0 Å². The normalized spacial score (nSPS) is 11.5. The van der Waals surface area contributed by atoms with E-state index in [1.54, 1.807) is 6.92 Å². The summed E-state index contributed by atoms with van der Waals surface area (Å²) in [4.78, 5) is 43.3. The van der Waals surface area contributed by atoms with E-state index in [-0.39, 0.29) is 32.3 Å². The number of carbonyl (C=O) groups is 4. The van der Waals surface area contributed by atoms with Crippen molar-refractivity contribution in [3.63, 3.8) is 0 Å². The third kappa shape index (κ3) is 14.6. The zero-order chi connectivity index (χ0) is 17.7. The maximum Gasteiger partial charge on any atom is 0.306 e. The predicted molar refractivity (Wildman–Crippen MR) is 76.1 cm³/mol. The monoisotopic (exact) mass is 331 g/mol. The fourth-order valence-corrected chi connectivity index (χ4v) is 1.68. The Morgan fingerprint density at radius 1 is 0.913 bits per heavy atom. The van der Waals surface area contributed by atoms with Gasteiger partial charge in [0.05, 0.1) is 0 Å². The van der Waals surface area contributed by atoms with E-state index in [4.69, 9.17) is 14.6 Å². The van der Waals surface area contributed by atoms with Gasteiger partial charge in [-0.05, 0) is 39.0 Å². The van der Waals surface area contributed by atoms with Crippen molar-refractivity contribution in [1.29, 1.82) is 0 Å². The van der Waals surface area contributed by atoms with E-state index in [2.05, 4.69) is 0 Å². The minimum absolute atomic E-state index is 0.0123. The lowest BCUT2D eigenvalue weighted by Gasteiger charge is -2.13. The minimum Gasteiger partial charge on any atom is -0.550 e. The zero-order valence-electron chi connectivity index (χ0n) is 13.2. The molecule has 0 aliphatic rings. The van der Waals surface area contributed by atoms with Crippen LogP contribution in [-0.4, -0.2) is 41.7 Å². The van der Waals surface area contributed by atoms with Gasteiger partial charge >= 0.3 is 17.9 Å². The third-order valence-corrected chi connectivity index (χ3v) is 2.85. The maximum atomic E-state index is 11.4. The first-order chi connectivity index (χ1) is 10.8. The molecule has 0 aliphatic heterocycles. The second-order valence-corrected chi connectivity index (χ2v) is 5.16. The lowest BCUT2D eigenvalue weighted by atomic mass is 10.2. The molecule has 0 bridgehead atoms. The van der Waals surface area contributed by atoms with E-state index in [0.29, 0.717) is 25.7 Å². The molecule has 0 heterocycles. The van der Waals surface area contributed by atoms with Crippen LogP contribution in [0, 0.1) is 0 Å². The molecule has 8 heteroatoms. The van der Waals surface area contributed by atoms with Crippen molar-refractivity contribution in [3.05, 3.63) is 0 Å². The van der Waals surface area contributed by atoms with Crippen LogP contribution in [0.3, 0.4) is 0 Å². The first-order valence-electron chi connectivity index (χ1n) is 7.58. The van der Waals surface area contributed by atoms with Crippen LogP contribution in [0.25, 0.3) is 0 Å². The first-order valence-corrected chi connectivity index (χ1v) is 7.58. The summed E-state index contributed by atoms with van der Waals surface area (Å²) in [6.07, 6.45) is 1.12. The van der Waals surface area contributed by atoms with Crippen molar-refractivity contribution < 1.29 is 38.9 Å². The number of unbranched alkanes of at least 4 members (excludes halogenated alkanes) is 2. The summed E-state index contributed by atoms with van der Waals surface area (Å²) >= 11 is 0. The van der Waals surface area contributed by atoms with Crippen molar-refractivity contribution in [3.8, 4) is 0 Å². The average Bonchev–Trinajstić information content (AvgIpc) is 2.45. The van der Waals surface area contributed by atoms with Crippen LogP contribution >= 0.6 is 0 Å². The van der Waals surface area contributed by atoms with Crippen LogP contribution in [0.2, 0.25) is 0 Å². The number of carbonyl (C=O) groups excluding carboxylic acids is 3. The van der Waals surface area contributed by atoms with Crippen LogP contribution in [0.1, 0.15) is 58.3 Å². The maximum absolute atomic E-state index is 11.4. The van der Waals surface area contributed by atoms with Gasteiger partial charge in [0.15, 0.2) is 0 Å². The second kappa shape index (κ2) is 12.4. The molecule has 1 atom stereocenters. The third-order valence-electron chi connectivity index (χ3n) is 2.85. The zero-order valence-corrected chi connectivity index (χ0v) is 13.2. The van der Waals surface area contributed by atoms with Gasteiger partial charge in [0.2, 0.25) is 0 Å². The Morgan fingerprint density at radius 2 is 1.43 bits per heavy atom.